The van der Waals surface area contributed by atoms with E-state index >= 15 is 26.3 Å². The number of nitrogens with one attached hydrogen (secondary N) is 1. The van der Waals surface area contributed by atoms with Crippen LogP contribution < -0.4 is 4.98 Å². The molecule has 0 bridgehead atoms. The molecule has 1 N–H and O–H groups in total. The molecule has 3 heterocycles. The highest BCUT2D eigenvalue weighted by Crippen LogP contribution is 2.67. The number of thiophene rings is 2. The number of alkyl halides is 6. The molecule has 0 atom stereocenters. The van der Waals surface area contributed by atoms with Crippen LogP contribution in [0.4, 0.5) is 26.3 Å². The van der Waals surface area contributed by atoms with Crippen molar-refractivity contribution in [2.45, 2.75) is 45.5 Å². The van der Waals surface area contributed by atoms with E-state index in [2.05, 4.69) is 4.98 Å². The number of rotatable bonds is 4. The van der Waals surface area contributed by atoms with E-state index in [0.29, 0.717) is 20.9 Å². The molecule has 0 amide bonds. The monoisotopic (exact) mass is 550 g/mol. The molecule has 0 aliphatic heterocycles. The lowest BCUT2D eigenvalue weighted by molar-refractivity contribution is -0.377. The number of benzene rings is 1. The summed E-state index contributed by atoms with van der Waals surface area (Å²) < 4.78 is 92.4. The number of allylic oxidation sites excluding steroid dienone is 2. The Labute approximate surface area is 218 Å². The van der Waals surface area contributed by atoms with E-state index < -0.39 is 28.9 Å². The van der Waals surface area contributed by atoms with Crippen molar-refractivity contribution in [3.8, 4) is 20.9 Å². The first kappa shape index (κ1) is 25.7. The van der Waals surface area contributed by atoms with Gasteiger partial charge in [-0.3, -0.25) is 0 Å². The molecule has 0 spiro atoms. The van der Waals surface area contributed by atoms with Crippen molar-refractivity contribution in [1.82, 2.24) is 0 Å². The maximum Gasteiger partial charge on any atom is 0.380 e. The highest BCUT2D eigenvalue weighted by atomic mass is 32.1. The number of aromatic nitrogens is 1. The van der Waals surface area contributed by atoms with Crippen LogP contribution in [-0.4, -0.2) is 17.8 Å². The van der Waals surface area contributed by atoms with Crippen molar-refractivity contribution in [3.63, 3.8) is 0 Å². The first-order valence-corrected chi connectivity index (χ1v) is 13.1. The minimum absolute atomic E-state index is 0.236. The van der Waals surface area contributed by atoms with Crippen LogP contribution in [-0.2, 0) is 0 Å². The van der Waals surface area contributed by atoms with Crippen molar-refractivity contribution < 1.29 is 31.3 Å². The Balaban J connectivity index is 1.87. The number of aromatic amines is 1. The lowest BCUT2D eigenvalue weighted by atomic mass is 9.90. The Bertz CT molecular complexity index is 1420. The summed E-state index contributed by atoms with van der Waals surface area (Å²) >= 11 is 2.25. The first-order chi connectivity index (χ1) is 17.3. The average Bonchev–Trinajstić information content (AvgIpc) is 3.35. The molecule has 1 aliphatic carbocycles. The molecule has 192 valence electrons. The number of aryl methyl sites for hydroxylation is 2. The van der Waals surface area contributed by atoms with E-state index in [1.807, 2.05) is 0 Å². The van der Waals surface area contributed by atoms with Gasteiger partial charge in [0.15, 0.2) is 12.4 Å². The van der Waals surface area contributed by atoms with Crippen LogP contribution in [0.5, 0.6) is 0 Å². The standard InChI is InChI=1S/C28H21F6NS2/c1-14-20(16(3)36-24(14)18-9-6-5-7-10-18)22-23(27(31,32)28(33,34)26(22,29)30)21-15(2)25(37-17(21)4)19-11-8-12-35-13-19/h5-13H,1-4H3/p+1. The van der Waals surface area contributed by atoms with Gasteiger partial charge in [-0.1, -0.05) is 30.3 Å². The highest BCUT2D eigenvalue weighted by molar-refractivity contribution is 7.16. The third-order valence-electron chi connectivity index (χ3n) is 6.82. The topological polar surface area (TPSA) is 14.1 Å². The molecule has 1 nitrogen and oxygen atoms in total. The van der Waals surface area contributed by atoms with Crippen molar-refractivity contribution in [2.75, 3.05) is 0 Å². The maximum absolute atomic E-state index is 15.6. The van der Waals surface area contributed by atoms with Gasteiger partial charge in [-0.15, -0.1) is 22.7 Å². The van der Waals surface area contributed by atoms with Gasteiger partial charge in [-0.05, 0) is 50.5 Å². The van der Waals surface area contributed by atoms with Gasteiger partial charge in [0.1, 0.15) is 0 Å². The molecule has 37 heavy (non-hydrogen) atoms. The summed E-state index contributed by atoms with van der Waals surface area (Å²) in [5.41, 5.74) is -1.17. The van der Waals surface area contributed by atoms with Crippen molar-refractivity contribution in [2.24, 2.45) is 0 Å². The van der Waals surface area contributed by atoms with Gasteiger partial charge in [-0.25, -0.2) is 4.98 Å². The molecule has 0 saturated carbocycles. The molecular weight excluding hydrogens is 528 g/mol. The smallest absolute Gasteiger partial charge is 0.217 e. The van der Waals surface area contributed by atoms with Crippen LogP contribution in [0.25, 0.3) is 32.0 Å². The van der Waals surface area contributed by atoms with Gasteiger partial charge in [0.05, 0.1) is 5.56 Å². The third kappa shape index (κ3) is 3.54. The second-order valence-corrected chi connectivity index (χ2v) is 11.6. The summed E-state index contributed by atoms with van der Waals surface area (Å²) in [6, 6.07) is 12.3. The van der Waals surface area contributed by atoms with Gasteiger partial charge in [0.25, 0.3) is 0 Å². The zero-order chi connectivity index (χ0) is 26.9. The van der Waals surface area contributed by atoms with Crippen molar-refractivity contribution >= 4 is 33.8 Å². The summed E-state index contributed by atoms with van der Waals surface area (Å²) in [6.45, 7) is 6.04. The van der Waals surface area contributed by atoms with Gasteiger partial charge < -0.3 is 0 Å². The SMILES string of the molecule is Cc1sc(-c2ccccc2)c(C)c1C1=C(c2c(C)sc(-c3ccc[nH+]c3)c2C)C(F)(F)C(F)(F)C1(F)F. The summed E-state index contributed by atoms with van der Waals surface area (Å²) in [4.78, 5) is 4.58. The van der Waals surface area contributed by atoms with Crippen LogP contribution in [0.3, 0.4) is 0 Å². The molecular formula is C28H22F6NS2+. The molecule has 4 aromatic rings. The zero-order valence-electron chi connectivity index (χ0n) is 20.3. The van der Waals surface area contributed by atoms with Gasteiger partial charge >= 0.3 is 17.8 Å². The van der Waals surface area contributed by atoms with Crippen LogP contribution >= 0.6 is 22.7 Å². The predicted octanol–water partition coefficient (Wildman–Crippen LogP) is 9.02. The highest BCUT2D eigenvalue weighted by Gasteiger charge is 2.80. The van der Waals surface area contributed by atoms with Crippen LogP contribution in [0.15, 0.2) is 54.9 Å². The van der Waals surface area contributed by atoms with Gasteiger partial charge in [0.2, 0.25) is 0 Å². The molecule has 9 heteroatoms. The number of pyridine rings is 1. The average molecular weight is 551 g/mol. The Hall–Kier alpha value is -2.91. The number of halogens is 6. The van der Waals surface area contributed by atoms with Crippen molar-refractivity contribution in [3.05, 3.63) is 86.9 Å². The number of H-pyrrole nitrogens is 1. The van der Waals surface area contributed by atoms with Crippen LogP contribution in [0.2, 0.25) is 0 Å². The van der Waals surface area contributed by atoms with Gasteiger partial charge in [-0.2, -0.15) is 26.3 Å². The number of hydrogen-bond donors (Lipinski definition) is 0. The van der Waals surface area contributed by atoms with E-state index in [0.717, 1.165) is 22.7 Å². The van der Waals surface area contributed by atoms with Crippen LogP contribution in [0.1, 0.15) is 32.0 Å². The molecule has 0 unspecified atom stereocenters. The predicted molar refractivity (Wildman–Crippen MR) is 137 cm³/mol. The Morgan fingerprint density at radius 2 is 1.08 bits per heavy atom. The Morgan fingerprint density at radius 3 is 1.54 bits per heavy atom. The molecule has 0 saturated heterocycles. The maximum atomic E-state index is 15.6. The summed E-state index contributed by atoms with van der Waals surface area (Å²) in [7, 11) is 0. The molecule has 1 aliphatic rings. The Morgan fingerprint density at radius 1 is 0.622 bits per heavy atom. The first-order valence-electron chi connectivity index (χ1n) is 11.4. The largest absolute Gasteiger partial charge is 0.380 e. The summed E-state index contributed by atoms with van der Waals surface area (Å²) in [5.74, 6) is -15.8. The normalized spacial score (nSPS) is 18.0. The second kappa shape index (κ2) is 8.56. The molecule has 0 radical (unpaired) electrons. The van der Waals surface area contributed by atoms with E-state index in [1.165, 1.54) is 27.7 Å². The van der Waals surface area contributed by atoms with Crippen LogP contribution in [0, 0.1) is 27.7 Å². The minimum Gasteiger partial charge on any atom is -0.217 e. The quantitative estimate of drug-likeness (QED) is 0.225. The molecule has 3 aromatic heterocycles. The molecule has 5 rings (SSSR count). The third-order valence-corrected chi connectivity index (χ3v) is 9.33. The summed E-state index contributed by atoms with van der Waals surface area (Å²) in [5, 5.41) is 0. The Kier molecular flexibility index (Phi) is 5.95. The fourth-order valence-corrected chi connectivity index (χ4v) is 7.44. The van der Waals surface area contributed by atoms with Crippen molar-refractivity contribution in [1.29, 1.82) is 0 Å². The van der Waals surface area contributed by atoms with E-state index in [9.17, 15) is 0 Å². The minimum atomic E-state index is -5.60. The summed E-state index contributed by atoms with van der Waals surface area (Å²) in [6.07, 6.45) is 3.31. The van der Waals surface area contributed by atoms with E-state index in [1.54, 1.807) is 54.9 Å². The fourth-order valence-electron chi connectivity index (χ4n) is 5.11. The number of hydrogen-bond acceptors (Lipinski definition) is 2. The second-order valence-electron chi connectivity index (χ2n) is 9.11. The zero-order valence-corrected chi connectivity index (χ0v) is 21.9. The van der Waals surface area contributed by atoms with E-state index in [4.69, 9.17) is 0 Å². The molecule has 1 aromatic carbocycles. The lowest BCUT2D eigenvalue weighted by Crippen LogP contribution is -2.49. The molecule has 0 fully saturated rings. The van der Waals surface area contributed by atoms with Gasteiger partial charge in [0, 0.05) is 47.8 Å². The van der Waals surface area contributed by atoms with E-state index in [-0.39, 0.29) is 32.0 Å². The lowest BCUT2D eigenvalue weighted by Gasteiger charge is -2.26. The fraction of sp³-hybridized carbons (Fsp3) is 0.250.